The number of aliphatic hydroxyl groups excluding tert-OH is 1. The van der Waals surface area contributed by atoms with Gasteiger partial charge in [-0.3, -0.25) is 4.79 Å². The van der Waals surface area contributed by atoms with Crippen LogP contribution in [-0.2, 0) is 15.7 Å². The number of pyridine rings is 1. The van der Waals surface area contributed by atoms with Crippen molar-refractivity contribution in [3.63, 3.8) is 0 Å². The van der Waals surface area contributed by atoms with E-state index in [2.05, 4.69) is 4.98 Å². The van der Waals surface area contributed by atoms with Crippen LogP contribution in [0.3, 0.4) is 0 Å². The van der Waals surface area contributed by atoms with Crippen molar-refractivity contribution >= 4 is 12.6 Å². The SMILES string of the molecule is CC1(C)OB(c2c[nH]c(CCO)cc2=O)OC1(C)C. The fraction of sp³-hybridized carbons (Fsp3) is 0.615. The van der Waals surface area contributed by atoms with Crippen molar-refractivity contribution in [2.24, 2.45) is 0 Å². The zero-order valence-electron chi connectivity index (χ0n) is 11.8. The van der Waals surface area contributed by atoms with Gasteiger partial charge in [0.25, 0.3) is 0 Å². The smallest absolute Gasteiger partial charge is 0.399 e. The molecule has 2 rings (SSSR count). The average molecular weight is 265 g/mol. The molecular formula is C13H20BNO4. The summed E-state index contributed by atoms with van der Waals surface area (Å²) in [5.74, 6) is 0. The fourth-order valence-electron chi connectivity index (χ4n) is 1.94. The third kappa shape index (κ3) is 2.61. The number of aromatic nitrogens is 1. The first-order chi connectivity index (χ1) is 8.77. The minimum atomic E-state index is -0.656. The molecule has 19 heavy (non-hydrogen) atoms. The van der Waals surface area contributed by atoms with Gasteiger partial charge in [0, 0.05) is 36.4 Å². The van der Waals surface area contributed by atoms with Gasteiger partial charge >= 0.3 is 7.12 Å². The van der Waals surface area contributed by atoms with Crippen molar-refractivity contribution in [1.82, 2.24) is 4.98 Å². The van der Waals surface area contributed by atoms with Gasteiger partial charge < -0.3 is 19.4 Å². The lowest BCUT2D eigenvalue weighted by molar-refractivity contribution is 0.00578. The van der Waals surface area contributed by atoms with E-state index in [1.54, 1.807) is 6.20 Å². The number of hydrogen-bond acceptors (Lipinski definition) is 4. The standard InChI is InChI=1S/C13H20BNO4/c1-12(2)13(3,4)19-14(18-12)10-8-15-9(5-6-16)7-11(10)17/h7-8,16H,5-6H2,1-4H3,(H,15,17). The second kappa shape index (κ2) is 4.78. The molecule has 1 aliphatic heterocycles. The lowest BCUT2D eigenvalue weighted by Crippen LogP contribution is -2.43. The largest absolute Gasteiger partial charge is 0.500 e. The van der Waals surface area contributed by atoms with E-state index in [4.69, 9.17) is 14.4 Å². The average Bonchev–Trinajstić information content (AvgIpc) is 2.48. The molecular weight excluding hydrogens is 245 g/mol. The Morgan fingerprint density at radius 3 is 2.32 bits per heavy atom. The van der Waals surface area contributed by atoms with Crippen LogP contribution in [0.25, 0.3) is 0 Å². The molecule has 0 amide bonds. The summed E-state index contributed by atoms with van der Waals surface area (Å²) >= 11 is 0. The number of rotatable bonds is 3. The molecule has 0 radical (unpaired) electrons. The maximum atomic E-state index is 12.1. The van der Waals surface area contributed by atoms with Crippen LogP contribution in [0.15, 0.2) is 17.1 Å². The lowest BCUT2D eigenvalue weighted by Gasteiger charge is -2.32. The first-order valence-electron chi connectivity index (χ1n) is 6.45. The highest BCUT2D eigenvalue weighted by atomic mass is 16.7. The number of nitrogens with one attached hydrogen (secondary N) is 1. The molecule has 2 N–H and O–H groups in total. The van der Waals surface area contributed by atoms with E-state index >= 15 is 0 Å². The highest BCUT2D eigenvalue weighted by Gasteiger charge is 2.52. The Kier molecular flexibility index (Phi) is 3.60. The van der Waals surface area contributed by atoms with Gasteiger partial charge in [-0.2, -0.15) is 0 Å². The van der Waals surface area contributed by atoms with Crippen molar-refractivity contribution in [1.29, 1.82) is 0 Å². The predicted octanol–water partition coefficient (Wildman–Crippen LogP) is 0.209. The van der Waals surface area contributed by atoms with E-state index in [1.807, 2.05) is 27.7 Å². The molecule has 2 heterocycles. The summed E-state index contributed by atoms with van der Waals surface area (Å²) in [6, 6.07) is 1.48. The fourth-order valence-corrected chi connectivity index (χ4v) is 1.94. The van der Waals surface area contributed by atoms with Crippen LogP contribution < -0.4 is 10.9 Å². The van der Waals surface area contributed by atoms with Crippen molar-refractivity contribution in [2.45, 2.75) is 45.3 Å². The van der Waals surface area contributed by atoms with E-state index in [-0.39, 0.29) is 12.0 Å². The van der Waals surface area contributed by atoms with Crippen molar-refractivity contribution in [2.75, 3.05) is 6.61 Å². The maximum Gasteiger partial charge on any atom is 0.500 e. The van der Waals surface area contributed by atoms with Gasteiger partial charge in [-0.05, 0) is 27.7 Å². The van der Waals surface area contributed by atoms with Crippen LogP contribution in [0.5, 0.6) is 0 Å². The van der Waals surface area contributed by atoms with E-state index < -0.39 is 18.3 Å². The van der Waals surface area contributed by atoms with Crippen molar-refractivity contribution in [3.05, 3.63) is 28.2 Å². The minimum Gasteiger partial charge on any atom is -0.399 e. The summed E-state index contributed by atoms with van der Waals surface area (Å²) in [6.45, 7) is 7.79. The zero-order valence-corrected chi connectivity index (χ0v) is 11.8. The zero-order chi connectivity index (χ0) is 14.3. The Morgan fingerprint density at radius 1 is 1.26 bits per heavy atom. The molecule has 0 aromatic carbocycles. The van der Waals surface area contributed by atoms with Gasteiger partial charge in [0.2, 0.25) is 0 Å². The molecule has 1 aromatic heterocycles. The monoisotopic (exact) mass is 265 g/mol. The van der Waals surface area contributed by atoms with Crippen LogP contribution in [0.4, 0.5) is 0 Å². The van der Waals surface area contributed by atoms with E-state index in [1.165, 1.54) is 6.07 Å². The number of aromatic amines is 1. The summed E-state index contributed by atoms with van der Waals surface area (Å²) in [4.78, 5) is 15.1. The predicted molar refractivity (Wildman–Crippen MR) is 73.6 cm³/mol. The Morgan fingerprint density at radius 2 is 1.84 bits per heavy atom. The number of hydrogen-bond donors (Lipinski definition) is 2. The van der Waals surface area contributed by atoms with Gasteiger partial charge in [0.1, 0.15) is 0 Å². The molecule has 0 spiro atoms. The minimum absolute atomic E-state index is 0.00573. The van der Waals surface area contributed by atoms with Gasteiger partial charge in [0.05, 0.1) is 11.2 Å². The summed E-state index contributed by atoms with van der Waals surface area (Å²) in [7, 11) is -0.656. The van der Waals surface area contributed by atoms with Gasteiger partial charge in [-0.1, -0.05) is 0 Å². The van der Waals surface area contributed by atoms with Crippen molar-refractivity contribution < 1.29 is 14.4 Å². The van der Waals surface area contributed by atoms with Crippen LogP contribution in [0, 0.1) is 0 Å². The van der Waals surface area contributed by atoms with Crippen LogP contribution >= 0.6 is 0 Å². The summed E-state index contributed by atoms with van der Waals surface area (Å²) in [5.41, 5.74) is 0.0932. The quantitative estimate of drug-likeness (QED) is 0.766. The van der Waals surface area contributed by atoms with E-state index in [0.717, 1.165) is 0 Å². The van der Waals surface area contributed by atoms with E-state index in [0.29, 0.717) is 17.6 Å². The van der Waals surface area contributed by atoms with Crippen LogP contribution in [-0.4, -0.2) is 35.0 Å². The second-order valence-electron chi connectivity index (χ2n) is 5.84. The normalized spacial score (nSPS) is 20.8. The molecule has 0 atom stereocenters. The number of aliphatic hydroxyl groups is 1. The Bertz CT molecular complexity index is 508. The van der Waals surface area contributed by atoms with Crippen molar-refractivity contribution in [3.8, 4) is 0 Å². The molecule has 104 valence electrons. The highest BCUT2D eigenvalue weighted by Crippen LogP contribution is 2.36. The molecule has 1 fully saturated rings. The Balaban J connectivity index is 2.28. The maximum absolute atomic E-state index is 12.1. The van der Waals surface area contributed by atoms with E-state index in [9.17, 15) is 4.79 Å². The van der Waals surface area contributed by atoms with Gasteiger partial charge in [-0.15, -0.1) is 0 Å². The molecule has 6 heteroatoms. The lowest BCUT2D eigenvalue weighted by atomic mass is 9.80. The first-order valence-corrected chi connectivity index (χ1v) is 6.45. The number of H-pyrrole nitrogens is 1. The summed E-state index contributed by atoms with van der Waals surface area (Å²) in [5, 5.41) is 8.86. The topological polar surface area (TPSA) is 71.5 Å². The summed E-state index contributed by atoms with van der Waals surface area (Å²) in [6.07, 6.45) is 2.04. The molecule has 0 unspecified atom stereocenters. The molecule has 0 bridgehead atoms. The first kappa shape index (κ1) is 14.3. The Labute approximate surface area is 113 Å². The molecule has 1 aliphatic rings. The molecule has 1 aromatic rings. The van der Waals surface area contributed by atoms with Crippen LogP contribution in [0.1, 0.15) is 33.4 Å². The second-order valence-corrected chi connectivity index (χ2v) is 5.84. The van der Waals surface area contributed by atoms with Gasteiger partial charge in [-0.25, -0.2) is 0 Å². The molecule has 0 saturated carbocycles. The van der Waals surface area contributed by atoms with Crippen LogP contribution in [0.2, 0.25) is 0 Å². The third-order valence-corrected chi connectivity index (χ3v) is 3.89. The molecule has 1 saturated heterocycles. The molecule has 5 nitrogen and oxygen atoms in total. The Hall–Kier alpha value is -1.11. The molecule has 0 aliphatic carbocycles. The third-order valence-electron chi connectivity index (χ3n) is 3.89. The summed E-state index contributed by atoms with van der Waals surface area (Å²) < 4.78 is 11.7. The highest BCUT2D eigenvalue weighted by molar-refractivity contribution is 6.61. The van der Waals surface area contributed by atoms with Gasteiger partial charge in [0.15, 0.2) is 5.43 Å².